The number of aliphatic carboxylic acids is 1. The molecule has 2 fully saturated rings. The van der Waals surface area contributed by atoms with Gasteiger partial charge >= 0.3 is 18.0 Å². The molecule has 1 unspecified atom stereocenters. The van der Waals surface area contributed by atoms with E-state index in [1.807, 2.05) is 5.48 Å². The number of thioether (sulfide) groups is 2. The van der Waals surface area contributed by atoms with Gasteiger partial charge in [-0.25, -0.2) is 37.0 Å². The summed E-state index contributed by atoms with van der Waals surface area (Å²) in [4.78, 5) is 70.8. The number of aromatic nitrogens is 6. The predicted molar refractivity (Wildman–Crippen MR) is 160 cm³/mol. The molecule has 3 aromatic heterocycles. The van der Waals surface area contributed by atoms with Crippen molar-refractivity contribution in [2.24, 2.45) is 0 Å². The van der Waals surface area contributed by atoms with Gasteiger partial charge in [-0.2, -0.15) is 5.48 Å². The van der Waals surface area contributed by atoms with E-state index in [1.165, 1.54) is 27.3 Å². The minimum absolute atomic E-state index is 0.0133. The third kappa shape index (κ3) is 5.73. The zero-order valence-electron chi connectivity index (χ0n) is 23.7. The average Bonchev–Trinajstić information content (AvgIpc) is 3.81. The highest BCUT2D eigenvalue weighted by molar-refractivity contribution is 8.01. The van der Waals surface area contributed by atoms with E-state index in [0.29, 0.717) is 25.5 Å². The molecule has 2 saturated heterocycles. The van der Waals surface area contributed by atoms with Crippen molar-refractivity contribution in [2.75, 3.05) is 30.9 Å². The van der Waals surface area contributed by atoms with Crippen molar-refractivity contribution < 1.29 is 42.7 Å². The van der Waals surface area contributed by atoms with Crippen LogP contribution in [-0.4, -0.2) is 135 Å². The van der Waals surface area contributed by atoms with Crippen LogP contribution in [0.25, 0.3) is 5.65 Å². The number of hydrogen-bond donors (Lipinski definition) is 5. The first kappa shape index (κ1) is 32.5. The van der Waals surface area contributed by atoms with Gasteiger partial charge in [0.2, 0.25) is 15.7 Å². The summed E-state index contributed by atoms with van der Waals surface area (Å²) in [5, 5.41) is 41.0. The number of fused-ring (bicyclic) bond motifs is 2. The lowest BCUT2D eigenvalue weighted by Crippen LogP contribution is -2.85. The summed E-state index contributed by atoms with van der Waals surface area (Å²) in [6.45, 7) is -0.574. The van der Waals surface area contributed by atoms with E-state index in [-0.39, 0.29) is 36.0 Å². The summed E-state index contributed by atoms with van der Waals surface area (Å²) in [6, 6.07) is -0.555. The van der Waals surface area contributed by atoms with Crippen molar-refractivity contribution in [1.29, 1.82) is 0 Å². The molecule has 0 saturated carbocycles. The number of hydrogen-bond acceptors (Lipinski definition) is 17. The minimum atomic E-state index is -3.95. The lowest BCUT2D eigenvalue weighted by Gasteiger charge is -2.56. The van der Waals surface area contributed by atoms with Crippen LogP contribution >= 0.6 is 34.9 Å². The molecule has 6 heterocycles. The van der Waals surface area contributed by atoms with Gasteiger partial charge < -0.3 is 20.9 Å². The van der Waals surface area contributed by atoms with E-state index in [4.69, 9.17) is 0 Å². The molecule has 3 aliphatic rings. The Morgan fingerprint density at radius 3 is 2.68 bits per heavy atom. The highest BCUT2D eigenvalue weighted by atomic mass is 32.2. The number of carbonyl (C=O) groups excluding carboxylic acids is 4. The molecule has 0 spiro atoms. The Labute approximate surface area is 275 Å². The van der Waals surface area contributed by atoms with Crippen LogP contribution < -0.4 is 16.1 Å². The van der Waals surface area contributed by atoms with Gasteiger partial charge in [0.25, 0.3) is 11.8 Å². The second-order valence-corrected chi connectivity index (χ2v) is 14.7. The molecule has 25 heteroatoms. The summed E-state index contributed by atoms with van der Waals surface area (Å²) in [5.41, 5.74) is 1.44. The van der Waals surface area contributed by atoms with Gasteiger partial charge in [0.1, 0.15) is 16.1 Å². The number of thiazole rings is 1. The summed E-state index contributed by atoms with van der Waals surface area (Å²) < 4.78 is 25.5. The van der Waals surface area contributed by atoms with Gasteiger partial charge in [-0.15, -0.1) is 49.7 Å². The largest absolute Gasteiger partial charge is 0.477 e. The maximum Gasteiger partial charge on any atom is 0.352 e. The zero-order chi connectivity index (χ0) is 33.7. The number of sulfonamides is 1. The molecule has 47 heavy (non-hydrogen) atoms. The van der Waals surface area contributed by atoms with E-state index >= 15 is 0 Å². The van der Waals surface area contributed by atoms with Gasteiger partial charge in [-0.1, -0.05) is 0 Å². The SMILES string of the molecule is CS(=O)(=O)N1CCN(C(=O)NC(C(=O)N[C@]2(NO)C(=O)N3C(C(=O)O)=C(CSc4ccc5nnnn5n4)CS[C@@H]32)c2cscn2)C1=O. The highest BCUT2D eigenvalue weighted by Crippen LogP contribution is 2.46. The molecule has 248 valence electrons. The van der Waals surface area contributed by atoms with E-state index in [9.17, 15) is 42.7 Å². The molecule has 6 rings (SSSR count). The summed E-state index contributed by atoms with van der Waals surface area (Å²) in [6.07, 6.45) is 0.808. The number of β-lactam (4-membered cyclic amide) rings is 1. The molecule has 0 aliphatic carbocycles. The van der Waals surface area contributed by atoms with Crippen molar-refractivity contribution in [2.45, 2.75) is 22.1 Å². The first-order valence-corrected chi connectivity index (χ1v) is 18.0. The van der Waals surface area contributed by atoms with Gasteiger partial charge in [0.15, 0.2) is 11.7 Å². The molecule has 0 radical (unpaired) electrons. The Kier molecular flexibility index (Phi) is 8.51. The number of imide groups is 1. The molecule has 3 atom stereocenters. The molecule has 0 bridgehead atoms. The topological polar surface area (TPSA) is 275 Å². The first-order valence-electron chi connectivity index (χ1n) is 13.2. The molecule has 3 aliphatic heterocycles. The van der Waals surface area contributed by atoms with Gasteiger partial charge in [0, 0.05) is 16.9 Å². The number of tetrazole rings is 1. The van der Waals surface area contributed by atoms with Crippen molar-refractivity contribution in [3.63, 3.8) is 0 Å². The fourth-order valence-corrected chi connectivity index (χ4v) is 8.74. The Balaban J connectivity index is 1.20. The average molecular weight is 727 g/mol. The Morgan fingerprint density at radius 1 is 1.23 bits per heavy atom. The molecule has 5 N–H and O–H groups in total. The van der Waals surface area contributed by atoms with E-state index < -0.39 is 56.9 Å². The normalized spacial score (nSPS) is 21.9. The fourth-order valence-electron chi connectivity index (χ4n) is 4.97. The van der Waals surface area contributed by atoms with Gasteiger partial charge in [-0.3, -0.25) is 14.5 Å². The van der Waals surface area contributed by atoms with Crippen molar-refractivity contribution in [3.8, 4) is 0 Å². The van der Waals surface area contributed by atoms with Crippen LogP contribution in [0.5, 0.6) is 0 Å². The Morgan fingerprint density at radius 2 is 2.02 bits per heavy atom. The van der Waals surface area contributed by atoms with E-state index in [1.54, 1.807) is 12.1 Å². The number of nitrogens with one attached hydrogen (secondary N) is 3. The number of nitrogens with zero attached hydrogens (tertiary/aromatic N) is 9. The predicted octanol–water partition coefficient (Wildman–Crippen LogP) is -1.74. The van der Waals surface area contributed by atoms with Crippen molar-refractivity contribution >= 4 is 80.4 Å². The second-order valence-electron chi connectivity index (χ2n) is 10.1. The molecular formula is C22H22N12O9S4. The molecule has 3 aromatic rings. The molecule has 6 amide bonds. The Bertz CT molecular complexity index is 1940. The maximum absolute atomic E-state index is 13.6. The standard InChI is InChI=1S/C22H22N12O9S4/c1-47(42,43)32-5-4-31(21(32)40)20(39)24-14(11-8-44-9-23-11)16(35)25-22(28-41)18(38)33-15(17(36)37)10(7-46-19(22)33)6-45-13-3-2-12-26-29-30-34(12)27-13/h2-3,8-9,14,19,28,41H,4-7H2,1H3,(H,24,39)(H,25,35)(H,36,37)/t14?,19-,22+/m1/s1. The third-order valence-electron chi connectivity index (χ3n) is 7.18. The van der Waals surface area contributed by atoms with Crippen LogP contribution in [-0.2, 0) is 24.4 Å². The monoisotopic (exact) mass is 726 g/mol. The lowest BCUT2D eigenvalue weighted by atomic mass is 9.95. The zero-order valence-corrected chi connectivity index (χ0v) is 27.0. The number of hydroxylamine groups is 1. The van der Waals surface area contributed by atoms with Gasteiger partial charge in [-0.05, 0) is 28.1 Å². The Hall–Kier alpha value is -4.43. The highest BCUT2D eigenvalue weighted by Gasteiger charge is 2.66. The third-order valence-corrected chi connectivity index (χ3v) is 11.3. The van der Waals surface area contributed by atoms with Crippen LogP contribution in [0.2, 0.25) is 0 Å². The number of urea groups is 2. The molecular weight excluding hydrogens is 705 g/mol. The number of amides is 6. The van der Waals surface area contributed by atoms with E-state index in [2.05, 4.69) is 36.2 Å². The minimum Gasteiger partial charge on any atom is -0.477 e. The number of carboxylic acids is 1. The van der Waals surface area contributed by atoms with Crippen LogP contribution in [0, 0.1) is 0 Å². The quantitative estimate of drug-likeness (QED) is 0.0671. The van der Waals surface area contributed by atoms with Gasteiger partial charge in [0.05, 0.1) is 30.5 Å². The van der Waals surface area contributed by atoms with E-state index in [0.717, 1.165) is 34.3 Å². The fraction of sp³-hybridized carbons (Fsp3) is 0.364. The molecule has 21 nitrogen and oxygen atoms in total. The summed E-state index contributed by atoms with van der Waals surface area (Å²) >= 11 is 3.33. The number of carboxylic acid groups (broad SMARTS) is 1. The lowest BCUT2D eigenvalue weighted by molar-refractivity contribution is -0.171. The maximum atomic E-state index is 13.6. The van der Waals surface area contributed by atoms with Crippen LogP contribution in [0.15, 0.2) is 39.3 Å². The van der Waals surface area contributed by atoms with Crippen molar-refractivity contribution in [3.05, 3.63) is 40.0 Å². The summed E-state index contributed by atoms with van der Waals surface area (Å²) in [5.74, 6) is -3.23. The van der Waals surface area contributed by atoms with Crippen LogP contribution in [0.1, 0.15) is 11.7 Å². The smallest absolute Gasteiger partial charge is 0.352 e. The number of rotatable bonds is 10. The molecule has 0 aromatic carbocycles. The summed E-state index contributed by atoms with van der Waals surface area (Å²) in [7, 11) is -3.95. The first-order chi connectivity index (χ1) is 22.4. The van der Waals surface area contributed by atoms with Crippen molar-refractivity contribution in [1.82, 2.24) is 60.5 Å². The second kappa shape index (κ2) is 12.3. The number of carbonyl (C=O) groups is 5. The van der Waals surface area contributed by atoms with Crippen LogP contribution in [0.3, 0.4) is 0 Å². The van der Waals surface area contributed by atoms with Crippen LogP contribution in [0.4, 0.5) is 9.59 Å².